The summed E-state index contributed by atoms with van der Waals surface area (Å²) in [5.74, 6) is 0.0586. The van der Waals surface area contributed by atoms with Crippen molar-refractivity contribution in [1.82, 2.24) is 15.2 Å². The molecule has 1 aromatic heterocycles. The molecular weight excluding hydrogens is 362 g/mol. The number of nitrogens with one attached hydrogen (secondary N) is 2. The maximum absolute atomic E-state index is 12.8. The summed E-state index contributed by atoms with van der Waals surface area (Å²) in [6.45, 7) is 1.80. The largest absolute Gasteiger partial charge is 0.361 e. The van der Waals surface area contributed by atoms with Gasteiger partial charge < -0.3 is 15.2 Å². The van der Waals surface area contributed by atoms with E-state index in [2.05, 4.69) is 16.4 Å². The van der Waals surface area contributed by atoms with Crippen molar-refractivity contribution in [2.45, 2.75) is 32.2 Å². The third kappa shape index (κ3) is 4.67. The number of H-pyrrole nitrogens is 1. The van der Waals surface area contributed by atoms with Crippen molar-refractivity contribution in [2.24, 2.45) is 5.92 Å². The Bertz CT molecular complexity index is 980. The Kier molecular flexibility index (Phi) is 5.94. The number of carbonyl (C=O) groups is 2. The van der Waals surface area contributed by atoms with E-state index in [9.17, 15) is 9.59 Å². The van der Waals surface area contributed by atoms with Crippen LogP contribution in [0.25, 0.3) is 10.9 Å². The maximum Gasteiger partial charge on any atom is 0.225 e. The number of amides is 2. The summed E-state index contributed by atoms with van der Waals surface area (Å²) in [4.78, 5) is 30.5. The van der Waals surface area contributed by atoms with E-state index in [1.165, 1.54) is 10.9 Å². The van der Waals surface area contributed by atoms with Crippen molar-refractivity contribution in [3.05, 3.63) is 71.9 Å². The van der Waals surface area contributed by atoms with E-state index in [0.717, 1.165) is 30.5 Å². The molecule has 2 amide bonds. The lowest BCUT2D eigenvalue weighted by Gasteiger charge is -2.32. The second kappa shape index (κ2) is 8.95. The highest BCUT2D eigenvalue weighted by molar-refractivity contribution is 5.84. The lowest BCUT2D eigenvalue weighted by atomic mass is 9.96. The van der Waals surface area contributed by atoms with Gasteiger partial charge in [-0.1, -0.05) is 48.5 Å². The molecule has 5 nitrogen and oxygen atoms in total. The van der Waals surface area contributed by atoms with Gasteiger partial charge in [-0.15, -0.1) is 0 Å². The Balaban J connectivity index is 1.29. The zero-order valence-corrected chi connectivity index (χ0v) is 16.6. The molecule has 3 aromatic rings. The predicted octanol–water partition coefficient (Wildman–Crippen LogP) is 3.66. The van der Waals surface area contributed by atoms with Gasteiger partial charge in [0.15, 0.2) is 0 Å². The van der Waals surface area contributed by atoms with E-state index >= 15 is 0 Å². The van der Waals surface area contributed by atoms with Crippen molar-refractivity contribution < 1.29 is 9.59 Å². The van der Waals surface area contributed by atoms with Gasteiger partial charge in [0.1, 0.15) is 0 Å². The number of aryl methyl sites for hydroxylation is 1. The lowest BCUT2D eigenvalue weighted by molar-refractivity contribution is -0.135. The fourth-order valence-electron chi connectivity index (χ4n) is 4.09. The summed E-state index contributed by atoms with van der Waals surface area (Å²) < 4.78 is 0. The van der Waals surface area contributed by atoms with Crippen LogP contribution in [0.15, 0.2) is 60.8 Å². The number of fused-ring (bicyclic) bond motifs is 1. The highest BCUT2D eigenvalue weighted by Crippen LogP contribution is 2.21. The molecule has 150 valence electrons. The van der Waals surface area contributed by atoms with Crippen molar-refractivity contribution in [3.8, 4) is 0 Å². The molecule has 0 aliphatic carbocycles. The van der Waals surface area contributed by atoms with Crippen LogP contribution < -0.4 is 5.32 Å². The zero-order chi connectivity index (χ0) is 20.1. The highest BCUT2D eigenvalue weighted by Gasteiger charge is 2.28. The Morgan fingerprint density at radius 2 is 1.86 bits per heavy atom. The van der Waals surface area contributed by atoms with Gasteiger partial charge in [0.2, 0.25) is 11.8 Å². The monoisotopic (exact) mass is 389 g/mol. The summed E-state index contributed by atoms with van der Waals surface area (Å²) >= 11 is 0. The Morgan fingerprint density at radius 1 is 1.07 bits per heavy atom. The first-order chi connectivity index (χ1) is 14.2. The average Bonchev–Trinajstić information content (AvgIpc) is 3.20. The Hall–Kier alpha value is -3.08. The molecule has 29 heavy (non-hydrogen) atoms. The van der Waals surface area contributed by atoms with Gasteiger partial charge in [-0.05, 0) is 36.5 Å². The third-order valence-electron chi connectivity index (χ3n) is 5.74. The summed E-state index contributed by atoms with van der Waals surface area (Å²) in [7, 11) is 0. The molecular formula is C24H27N3O2. The van der Waals surface area contributed by atoms with Crippen LogP contribution in [-0.2, 0) is 22.6 Å². The first-order valence-corrected chi connectivity index (χ1v) is 10.3. The number of rotatable bonds is 6. The number of aromatic amines is 1. The van der Waals surface area contributed by atoms with E-state index in [4.69, 9.17) is 0 Å². The minimum atomic E-state index is -0.121. The van der Waals surface area contributed by atoms with Crippen LogP contribution in [-0.4, -0.2) is 34.8 Å². The maximum atomic E-state index is 12.8. The minimum Gasteiger partial charge on any atom is -0.361 e. The average molecular weight is 389 g/mol. The molecule has 0 spiro atoms. The Morgan fingerprint density at radius 3 is 2.72 bits per heavy atom. The number of hydrogen-bond acceptors (Lipinski definition) is 2. The van der Waals surface area contributed by atoms with E-state index in [1.54, 1.807) is 0 Å². The van der Waals surface area contributed by atoms with Gasteiger partial charge in [0, 0.05) is 43.2 Å². The SMILES string of the molecule is O=C(NCc1ccccc1)[C@H]1CCCN(C(=O)CCc2c[nH]c3ccccc23)C1. The van der Waals surface area contributed by atoms with Crippen molar-refractivity contribution in [2.75, 3.05) is 13.1 Å². The molecule has 0 radical (unpaired) electrons. The number of aromatic nitrogens is 1. The number of likely N-dealkylation sites (tertiary alicyclic amines) is 1. The van der Waals surface area contributed by atoms with Crippen molar-refractivity contribution in [3.63, 3.8) is 0 Å². The molecule has 1 fully saturated rings. The second-order valence-electron chi connectivity index (χ2n) is 7.74. The summed E-state index contributed by atoms with van der Waals surface area (Å²) in [5, 5.41) is 4.20. The smallest absolute Gasteiger partial charge is 0.225 e. The second-order valence-corrected chi connectivity index (χ2v) is 7.74. The molecule has 2 heterocycles. The summed E-state index contributed by atoms with van der Waals surface area (Å²) in [6, 6.07) is 18.1. The molecule has 2 N–H and O–H groups in total. The normalized spacial score (nSPS) is 16.7. The molecule has 1 aliphatic heterocycles. The number of benzene rings is 2. The van der Waals surface area contributed by atoms with Crippen LogP contribution in [0, 0.1) is 5.92 Å². The molecule has 1 saturated heterocycles. The number of para-hydroxylation sites is 1. The number of hydrogen-bond donors (Lipinski definition) is 2. The first kappa shape index (κ1) is 19.2. The van der Waals surface area contributed by atoms with Gasteiger partial charge in [-0.25, -0.2) is 0 Å². The highest BCUT2D eigenvalue weighted by atomic mass is 16.2. The van der Waals surface area contributed by atoms with Gasteiger partial charge >= 0.3 is 0 Å². The third-order valence-corrected chi connectivity index (χ3v) is 5.74. The van der Waals surface area contributed by atoms with Crippen LogP contribution >= 0.6 is 0 Å². The first-order valence-electron chi connectivity index (χ1n) is 10.3. The van der Waals surface area contributed by atoms with Crippen LogP contribution in [0.5, 0.6) is 0 Å². The molecule has 1 aliphatic rings. The van der Waals surface area contributed by atoms with E-state index in [-0.39, 0.29) is 17.7 Å². The topological polar surface area (TPSA) is 65.2 Å². The van der Waals surface area contributed by atoms with Gasteiger partial charge in [-0.3, -0.25) is 9.59 Å². The van der Waals surface area contributed by atoms with Crippen LogP contribution in [0.3, 0.4) is 0 Å². The fraction of sp³-hybridized carbons (Fsp3) is 0.333. The van der Waals surface area contributed by atoms with E-state index in [1.807, 2.05) is 59.6 Å². The fourth-order valence-corrected chi connectivity index (χ4v) is 4.09. The van der Waals surface area contributed by atoms with E-state index in [0.29, 0.717) is 25.9 Å². The molecule has 1 atom stereocenters. The van der Waals surface area contributed by atoms with E-state index < -0.39 is 0 Å². The van der Waals surface area contributed by atoms with Gasteiger partial charge in [-0.2, -0.15) is 0 Å². The zero-order valence-electron chi connectivity index (χ0n) is 16.6. The molecule has 0 saturated carbocycles. The van der Waals surface area contributed by atoms with Crippen LogP contribution in [0.4, 0.5) is 0 Å². The standard InChI is InChI=1S/C24H27N3O2/c28-23(13-12-19-16-25-22-11-5-4-10-21(19)22)27-14-6-9-20(17-27)24(29)26-15-18-7-2-1-3-8-18/h1-5,7-8,10-11,16,20,25H,6,9,12-15,17H2,(H,26,29)/t20-/m0/s1. The predicted molar refractivity (Wildman–Crippen MR) is 114 cm³/mol. The van der Waals surface area contributed by atoms with Gasteiger partial charge in [0.25, 0.3) is 0 Å². The molecule has 0 unspecified atom stereocenters. The quantitative estimate of drug-likeness (QED) is 0.676. The number of piperidine rings is 1. The van der Waals surface area contributed by atoms with Crippen molar-refractivity contribution >= 4 is 22.7 Å². The van der Waals surface area contributed by atoms with Crippen LogP contribution in [0.2, 0.25) is 0 Å². The van der Waals surface area contributed by atoms with Gasteiger partial charge in [0.05, 0.1) is 5.92 Å². The molecule has 2 aromatic carbocycles. The molecule has 0 bridgehead atoms. The lowest BCUT2D eigenvalue weighted by Crippen LogP contribution is -2.45. The number of nitrogens with zero attached hydrogens (tertiary/aromatic N) is 1. The Labute approximate surface area is 171 Å². The minimum absolute atomic E-state index is 0.0444. The van der Waals surface area contributed by atoms with Crippen LogP contribution in [0.1, 0.15) is 30.4 Å². The number of carbonyl (C=O) groups excluding carboxylic acids is 2. The molecule has 4 rings (SSSR count). The summed E-state index contributed by atoms with van der Waals surface area (Å²) in [5.41, 5.74) is 3.36. The summed E-state index contributed by atoms with van der Waals surface area (Å²) in [6.07, 6.45) is 4.90. The van der Waals surface area contributed by atoms with Crippen molar-refractivity contribution in [1.29, 1.82) is 0 Å². The molecule has 5 heteroatoms.